The van der Waals surface area contributed by atoms with Crippen LogP contribution in [0.15, 0.2) is 30.3 Å². The maximum Gasteiger partial charge on any atom is 0.316 e. The van der Waals surface area contributed by atoms with Gasteiger partial charge in [-0.3, -0.25) is 4.79 Å². The van der Waals surface area contributed by atoms with E-state index in [-0.39, 0.29) is 5.41 Å². The fraction of sp³-hybridized carbons (Fsp3) is 0.417. The van der Waals surface area contributed by atoms with E-state index in [2.05, 4.69) is 12.6 Å². The zero-order valence-corrected chi connectivity index (χ0v) is 9.87. The van der Waals surface area contributed by atoms with Gasteiger partial charge >= 0.3 is 5.97 Å². The first-order chi connectivity index (χ1) is 6.93. The number of carboxylic acid groups (broad SMARTS) is 1. The highest BCUT2D eigenvalue weighted by Crippen LogP contribution is 2.29. The van der Waals surface area contributed by atoms with Gasteiger partial charge in [0.2, 0.25) is 0 Å². The molecule has 0 aliphatic heterocycles. The van der Waals surface area contributed by atoms with Crippen molar-refractivity contribution in [3.05, 3.63) is 35.9 Å². The maximum atomic E-state index is 10.9. The molecule has 0 aliphatic carbocycles. The summed E-state index contributed by atoms with van der Waals surface area (Å²) in [6, 6.07) is 9.87. The van der Waals surface area contributed by atoms with Crippen molar-refractivity contribution in [2.75, 3.05) is 0 Å². The van der Waals surface area contributed by atoms with Crippen molar-refractivity contribution in [2.24, 2.45) is 5.41 Å². The smallest absolute Gasteiger partial charge is 0.316 e. The Bertz CT molecular complexity index is 333. The molecule has 1 N–H and O–H groups in total. The fourth-order valence-corrected chi connectivity index (χ4v) is 1.64. The summed E-state index contributed by atoms with van der Waals surface area (Å²) >= 11 is 4.14. The molecule has 0 aliphatic rings. The van der Waals surface area contributed by atoms with Crippen LogP contribution in [0.1, 0.15) is 19.4 Å². The molecular weight excluding hydrogens is 208 g/mol. The molecule has 0 bridgehead atoms. The van der Waals surface area contributed by atoms with Gasteiger partial charge in [0.25, 0.3) is 0 Å². The van der Waals surface area contributed by atoms with E-state index in [0.29, 0.717) is 6.42 Å². The SMILES string of the molecule is CC(C)(Cc1ccccc1)C(S)C(=O)O. The minimum atomic E-state index is -0.862. The first-order valence-corrected chi connectivity index (χ1v) is 5.40. The molecule has 0 fully saturated rings. The summed E-state index contributed by atoms with van der Waals surface area (Å²) in [5.74, 6) is -0.862. The molecule has 0 spiro atoms. The van der Waals surface area contributed by atoms with Crippen LogP contribution in [0.3, 0.4) is 0 Å². The molecule has 2 nitrogen and oxygen atoms in total. The van der Waals surface area contributed by atoms with Crippen molar-refractivity contribution in [1.29, 1.82) is 0 Å². The van der Waals surface area contributed by atoms with Gasteiger partial charge in [0.15, 0.2) is 0 Å². The Balaban J connectivity index is 2.76. The number of benzene rings is 1. The summed E-state index contributed by atoms with van der Waals surface area (Å²) < 4.78 is 0. The highest BCUT2D eigenvalue weighted by molar-refractivity contribution is 7.81. The lowest BCUT2D eigenvalue weighted by Crippen LogP contribution is -2.33. The number of aliphatic carboxylic acids is 1. The molecule has 0 amide bonds. The van der Waals surface area contributed by atoms with Crippen LogP contribution in [0, 0.1) is 5.41 Å². The van der Waals surface area contributed by atoms with Gasteiger partial charge in [0.05, 0.1) is 0 Å². The number of thiol groups is 1. The van der Waals surface area contributed by atoms with Crippen molar-refractivity contribution < 1.29 is 9.90 Å². The molecule has 0 heterocycles. The predicted molar refractivity (Wildman–Crippen MR) is 64.3 cm³/mol. The lowest BCUT2D eigenvalue weighted by atomic mass is 9.82. The van der Waals surface area contributed by atoms with Crippen molar-refractivity contribution in [3.63, 3.8) is 0 Å². The predicted octanol–water partition coefficient (Wildman–Crippen LogP) is 2.64. The third kappa shape index (κ3) is 3.27. The van der Waals surface area contributed by atoms with E-state index in [1.165, 1.54) is 0 Å². The molecule has 0 saturated heterocycles. The van der Waals surface area contributed by atoms with Crippen LogP contribution in [0.25, 0.3) is 0 Å². The molecule has 1 rings (SSSR count). The van der Waals surface area contributed by atoms with E-state index in [0.717, 1.165) is 5.56 Å². The van der Waals surface area contributed by atoms with Crippen molar-refractivity contribution in [1.82, 2.24) is 0 Å². The lowest BCUT2D eigenvalue weighted by molar-refractivity contribution is -0.138. The Kier molecular flexibility index (Phi) is 3.80. The first kappa shape index (κ1) is 12.1. The van der Waals surface area contributed by atoms with Crippen LogP contribution in [0.4, 0.5) is 0 Å². The Morgan fingerprint density at radius 1 is 1.40 bits per heavy atom. The summed E-state index contributed by atoms with van der Waals surface area (Å²) in [7, 11) is 0. The van der Waals surface area contributed by atoms with Gasteiger partial charge in [-0.1, -0.05) is 44.2 Å². The Labute approximate surface area is 95.7 Å². The van der Waals surface area contributed by atoms with Crippen LogP contribution in [0.2, 0.25) is 0 Å². The molecule has 0 saturated carbocycles. The Morgan fingerprint density at radius 3 is 2.40 bits per heavy atom. The fourth-order valence-electron chi connectivity index (χ4n) is 1.55. The number of rotatable bonds is 4. The summed E-state index contributed by atoms with van der Waals surface area (Å²) in [5, 5.41) is 8.28. The monoisotopic (exact) mass is 224 g/mol. The number of carboxylic acids is 1. The van der Waals surface area contributed by atoms with Crippen LogP contribution >= 0.6 is 12.6 Å². The largest absolute Gasteiger partial charge is 0.480 e. The molecule has 1 atom stereocenters. The minimum absolute atomic E-state index is 0.351. The Morgan fingerprint density at radius 2 is 1.93 bits per heavy atom. The van der Waals surface area contributed by atoms with Crippen LogP contribution < -0.4 is 0 Å². The van der Waals surface area contributed by atoms with E-state index in [9.17, 15) is 4.79 Å². The first-order valence-electron chi connectivity index (χ1n) is 4.88. The van der Waals surface area contributed by atoms with Crippen LogP contribution in [-0.2, 0) is 11.2 Å². The van der Waals surface area contributed by atoms with E-state index in [1.54, 1.807) is 0 Å². The molecule has 1 aromatic carbocycles. The van der Waals surface area contributed by atoms with Crippen LogP contribution in [0.5, 0.6) is 0 Å². The van der Waals surface area contributed by atoms with Crippen LogP contribution in [-0.4, -0.2) is 16.3 Å². The number of hydrogen-bond donors (Lipinski definition) is 2. The van der Waals surface area contributed by atoms with Gasteiger partial charge in [-0.15, -0.1) is 0 Å². The molecule has 0 radical (unpaired) electrons. The average molecular weight is 224 g/mol. The number of carbonyl (C=O) groups is 1. The minimum Gasteiger partial charge on any atom is -0.480 e. The highest BCUT2D eigenvalue weighted by atomic mass is 32.1. The Hall–Kier alpha value is -0.960. The van der Waals surface area contributed by atoms with Gasteiger partial charge in [-0.25, -0.2) is 0 Å². The zero-order chi connectivity index (χ0) is 11.5. The highest BCUT2D eigenvalue weighted by Gasteiger charge is 2.32. The second kappa shape index (κ2) is 4.71. The quantitative estimate of drug-likeness (QED) is 0.771. The summed E-state index contributed by atoms with van der Waals surface area (Å²) in [4.78, 5) is 10.9. The summed E-state index contributed by atoms with van der Waals surface area (Å²) in [5.41, 5.74) is 0.791. The van der Waals surface area contributed by atoms with E-state index in [4.69, 9.17) is 5.11 Å². The summed E-state index contributed by atoms with van der Waals surface area (Å²) in [6.07, 6.45) is 0.717. The second-order valence-electron chi connectivity index (χ2n) is 4.39. The van der Waals surface area contributed by atoms with Crippen molar-refractivity contribution >= 4 is 18.6 Å². The molecule has 82 valence electrons. The normalized spacial score (nSPS) is 13.5. The van der Waals surface area contributed by atoms with Gasteiger partial charge < -0.3 is 5.11 Å². The molecule has 1 aromatic rings. The molecule has 3 heteroatoms. The molecule has 1 unspecified atom stereocenters. The van der Waals surface area contributed by atoms with Gasteiger partial charge in [-0.2, -0.15) is 12.6 Å². The zero-order valence-electron chi connectivity index (χ0n) is 8.97. The third-order valence-corrected chi connectivity index (χ3v) is 3.40. The second-order valence-corrected chi connectivity index (χ2v) is 4.91. The van der Waals surface area contributed by atoms with Gasteiger partial charge in [-0.05, 0) is 17.4 Å². The average Bonchev–Trinajstić information content (AvgIpc) is 2.17. The third-order valence-electron chi connectivity index (χ3n) is 2.48. The lowest BCUT2D eigenvalue weighted by Gasteiger charge is -2.28. The standard InChI is InChI=1S/C12H16O2S/c1-12(2,10(15)11(13)14)8-9-6-4-3-5-7-9/h3-7,10,15H,8H2,1-2H3,(H,13,14). The summed E-state index contributed by atoms with van der Waals surface area (Å²) in [6.45, 7) is 3.84. The van der Waals surface area contributed by atoms with E-state index < -0.39 is 11.2 Å². The van der Waals surface area contributed by atoms with Crippen molar-refractivity contribution in [3.8, 4) is 0 Å². The molecule has 0 aromatic heterocycles. The molecular formula is C12H16O2S. The topological polar surface area (TPSA) is 37.3 Å². The van der Waals surface area contributed by atoms with Gasteiger partial charge in [0, 0.05) is 0 Å². The number of hydrogen-bond acceptors (Lipinski definition) is 2. The van der Waals surface area contributed by atoms with Crippen molar-refractivity contribution in [2.45, 2.75) is 25.5 Å². The van der Waals surface area contributed by atoms with E-state index >= 15 is 0 Å². The molecule has 15 heavy (non-hydrogen) atoms. The van der Waals surface area contributed by atoms with Gasteiger partial charge in [0.1, 0.15) is 5.25 Å². The van der Waals surface area contributed by atoms with E-state index in [1.807, 2.05) is 44.2 Å². The maximum absolute atomic E-state index is 10.9.